The Kier molecular flexibility index (Phi) is 4.70. The number of carbonyl (C=O) groups is 2. The highest BCUT2D eigenvalue weighted by molar-refractivity contribution is 5.99. The fourth-order valence-corrected chi connectivity index (χ4v) is 2.71. The molecule has 0 radical (unpaired) electrons. The standard InChI is InChI=1S/C19H18FNO4/c1-12-3-4-14(10-17(12)20)21-11-13(9-18(21)22)19(23)25-16-7-5-15(24-2)6-8-16/h3-8,10,13H,9,11H2,1-2H3. The maximum absolute atomic E-state index is 13.7. The number of rotatable bonds is 4. The molecule has 1 unspecified atom stereocenters. The molecule has 1 saturated heterocycles. The maximum Gasteiger partial charge on any atom is 0.316 e. The van der Waals surface area contributed by atoms with Crippen molar-refractivity contribution in [1.29, 1.82) is 0 Å². The van der Waals surface area contributed by atoms with Gasteiger partial charge in [0.1, 0.15) is 17.3 Å². The average Bonchev–Trinajstić information content (AvgIpc) is 3.00. The van der Waals surface area contributed by atoms with Crippen LogP contribution in [0.25, 0.3) is 0 Å². The van der Waals surface area contributed by atoms with Crippen LogP contribution in [-0.2, 0) is 9.59 Å². The number of hydrogen-bond acceptors (Lipinski definition) is 4. The van der Waals surface area contributed by atoms with Crippen LogP contribution in [0.5, 0.6) is 11.5 Å². The number of aryl methyl sites for hydroxylation is 1. The Morgan fingerprint density at radius 1 is 1.16 bits per heavy atom. The molecule has 1 amide bonds. The van der Waals surface area contributed by atoms with Crippen molar-refractivity contribution >= 4 is 17.6 Å². The van der Waals surface area contributed by atoms with Gasteiger partial charge in [0, 0.05) is 18.7 Å². The summed E-state index contributed by atoms with van der Waals surface area (Å²) in [6.45, 7) is 1.83. The molecular weight excluding hydrogens is 325 g/mol. The van der Waals surface area contributed by atoms with Gasteiger partial charge in [-0.25, -0.2) is 4.39 Å². The van der Waals surface area contributed by atoms with Crippen molar-refractivity contribution in [1.82, 2.24) is 0 Å². The van der Waals surface area contributed by atoms with E-state index in [1.165, 1.54) is 11.0 Å². The molecule has 1 heterocycles. The Balaban J connectivity index is 1.68. The van der Waals surface area contributed by atoms with Crippen molar-refractivity contribution in [2.75, 3.05) is 18.6 Å². The van der Waals surface area contributed by atoms with Crippen LogP contribution in [0.2, 0.25) is 0 Å². The van der Waals surface area contributed by atoms with E-state index in [1.807, 2.05) is 0 Å². The van der Waals surface area contributed by atoms with Gasteiger partial charge in [0.25, 0.3) is 0 Å². The third-order valence-corrected chi connectivity index (χ3v) is 4.20. The minimum absolute atomic E-state index is 0.0461. The van der Waals surface area contributed by atoms with Crippen molar-refractivity contribution in [3.8, 4) is 11.5 Å². The lowest BCUT2D eigenvalue weighted by molar-refractivity contribution is -0.139. The highest BCUT2D eigenvalue weighted by Crippen LogP contribution is 2.28. The van der Waals surface area contributed by atoms with Gasteiger partial charge in [-0.1, -0.05) is 6.07 Å². The quantitative estimate of drug-likeness (QED) is 0.632. The Bertz CT molecular complexity index is 804. The Morgan fingerprint density at radius 3 is 2.48 bits per heavy atom. The number of halogens is 1. The molecule has 6 heteroatoms. The van der Waals surface area contributed by atoms with E-state index in [-0.39, 0.29) is 24.7 Å². The van der Waals surface area contributed by atoms with Crippen LogP contribution in [0.15, 0.2) is 42.5 Å². The van der Waals surface area contributed by atoms with Crippen LogP contribution >= 0.6 is 0 Å². The van der Waals surface area contributed by atoms with Crippen LogP contribution in [0.1, 0.15) is 12.0 Å². The van der Waals surface area contributed by atoms with Crippen LogP contribution in [0.4, 0.5) is 10.1 Å². The molecule has 5 nitrogen and oxygen atoms in total. The summed E-state index contributed by atoms with van der Waals surface area (Å²) in [4.78, 5) is 25.9. The van der Waals surface area contributed by atoms with Gasteiger partial charge >= 0.3 is 5.97 Å². The van der Waals surface area contributed by atoms with E-state index in [9.17, 15) is 14.0 Å². The van der Waals surface area contributed by atoms with E-state index >= 15 is 0 Å². The summed E-state index contributed by atoms with van der Waals surface area (Å²) in [6, 6.07) is 11.2. The number of benzene rings is 2. The molecule has 1 aliphatic rings. The van der Waals surface area contributed by atoms with Crippen molar-refractivity contribution in [2.24, 2.45) is 5.92 Å². The van der Waals surface area contributed by atoms with Gasteiger partial charge < -0.3 is 14.4 Å². The number of methoxy groups -OCH3 is 1. The van der Waals surface area contributed by atoms with Crippen molar-refractivity contribution in [3.05, 3.63) is 53.8 Å². The minimum Gasteiger partial charge on any atom is -0.497 e. The van der Waals surface area contributed by atoms with E-state index in [2.05, 4.69) is 0 Å². The first-order valence-corrected chi connectivity index (χ1v) is 7.90. The number of hydrogen-bond donors (Lipinski definition) is 0. The van der Waals surface area contributed by atoms with E-state index in [1.54, 1.807) is 50.4 Å². The monoisotopic (exact) mass is 343 g/mol. The molecule has 0 spiro atoms. The molecule has 0 bridgehead atoms. The average molecular weight is 343 g/mol. The molecule has 1 atom stereocenters. The lowest BCUT2D eigenvalue weighted by Crippen LogP contribution is -2.27. The Hall–Kier alpha value is -2.89. The van der Waals surface area contributed by atoms with E-state index in [0.29, 0.717) is 22.7 Å². The maximum atomic E-state index is 13.7. The predicted octanol–water partition coefficient (Wildman–Crippen LogP) is 3.10. The van der Waals surface area contributed by atoms with Gasteiger partial charge in [-0.2, -0.15) is 0 Å². The third-order valence-electron chi connectivity index (χ3n) is 4.20. The van der Waals surface area contributed by atoms with Crippen LogP contribution in [0.3, 0.4) is 0 Å². The first-order chi connectivity index (χ1) is 12.0. The Labute approximate surface area is 145 Å². The molecule has 2 aromatic rings. The largest absolute Gasteiger partial charge is 0.497 e. The van der Waals surface area contributed by atoms with E-state index in [4.69, 9.17) is 9.47 Å². The van der Waals surface area contributed by atoms with Crippen molar-refractivity contribution in [2.45, 2.75) is 13.3 Å². The molecule has 0 N–H and O–H groups in total. The summed E-state index contributed by atoms with van der Waals surface area (Å²) < 4.78 is 24.1. The summed E-state index contributed by atoms with van der Waals surface area (Å²) in [7, 11) is 1.55. The summed E-state index contributed by atoms with van der Waals surface area (Å²) >= 11 is 0. The van der Waals surface area contributed by atoms with Crippen LogP contribution in [0, 0.1) is 18.7 Å². The lowest BCUT2D eigenvalue weighted by Gasteiger charge is -2.17. The Morgan fingerprint density at radius 2 is 1.84 bits per heavy atom. The number of esters is 1. The van der Waals surface area contributed by atoms with Gasteiger partial charge in [-0.3, -0.25) is 9.59 Å². The van der Waals surface area contributed by atoms with Gasteiger partial charge in [-0.05, 0) is 48.9 Å². The highest BCUT2D eigenvalue weighted by Gasteiger charge is 2.36. The highest BCUT2D eigenvalue weighted by atomic mass is 19.1. The van der Waals surface area contributed by atoms with Gasteiger partial charge in [0.05, 0.1) is 13.0 Å². The third kappa shape index (κ3) is 3.63. The smallest absolute Gasteiger partial charge is 0.316 e. The second kappa shape index (κ2) is 6.93. The van der Waals surface area contributed by atoms with Crippen LogP contribution < -0.4 is 14.4 Å². The fraction of sp³-hybridized carbons (Fsp3) is 0.263. The molecule has 2 aromatic carbocycles. The SMILES string of the molecule is COc1ccc(OC(=O)C2CC(=O)N(c3ccc(C)c(F)c3)C2)cc1. The molecule has 0 saturated carbocycles. The molecule has 1 fully saturated rings. The first kappa shape index (κ1) is 17.0. The number of ether oxygens (including phenoxy) is 2. The zero-order chi connectivity index (χ0) is 18.0. The zero-order valence-corrected chi connectivity index (χ0v) is 14.0. The summed E-state index contributed by atoms with van der Waals surface area (Å²) in [5, 5.41) is 0. The minimum atomic E-state index is -0.584. The summed E-state index contributed by atoms with van der Waals surface area (Å²) in [5.74, 6) is -0.622. The fourth-order valence-electron chi connectivity index (χ4n) is 2.71. The first-order valence-electron chi connectivity index (χ1n) is 7.90. The molecule has 0 aliphatic carbocycles. The molecular formula is C19H18FNO4. The van der Waals surface area contributed by atoms with Gasteiger partial charge in [0.2, 0.25) is 5.91 Å². The number of anilines is 1. The zero-order valence-electron chi connectivity index (χ0n) is 14.0. The lowest BCUT2D eigenvalue weighted by atomic mass is 10.1. The predicted molar refractivity (Wildman–Crippen MR) is 90.2 cm³/mol. The van der Waals surface area contributed by atoms with Crippen molar-refractivity contribution < 1.29 is 23.5 Å². The van der Waals surface area contributed by atoms with Gasteiger partial charge in [-0.15, -0.1) is 0 Å². The van der Waals surface area contributed by atoms with Crippen LogP contribution in [-0.4, -0.2) is 25.5 Å². The van der Waals surface area contributed by atoms with E-state index < -0.39 is 11.9 Å². The van der Waals surface area contributed by atoms with E-state index in [0.717, 1.165) is 0 Å². The number of nitrogens with zero attached hydrogens (tertiary/aromatic N) is 1. The topological polar surface area (TPSA) is 55.8 Å². The summed E-state index contributed by atoms with van der Waals surface area (Å²) in [5.41, 5.74) is 0.957. The molecule has 0 aromatic heterocycles. The molecule has 3 rings (SSSR count). The number of carbonyl (C=O) groups excluding carboxylic acids is 2. The molecule has 1 aliphatic heterocycles. The second-order valence-corrected chi connectivity index (χ2v) is 5.94. The summed E-state index contributed by atoms with van der Waals surface area (Å²) in [6.07, 6.45) is 0.0461. The molecule has 25 heavy (non-hydrogen) atoms. The second-order valence-electron chi connectivity index (χ2n) is 5.94. The normalized spacial score (nSPS) is 16.8. The van der Waals surface area contributed by atoms with Crippen molar-refractivity contribution in [3.63, 3.8) is 0 Å². The molecule has 130 valence electrons. The number of amides is 1. The van der Waals surface area contributed by atoms with Gasteiger partial charge in [0.15, 0.2) is 0 Å².